The van der Waals surface area contributed by atoms with E-state index in [1.807, 2.05) is 0 Å². The molecule has 0 saturated heterocycles. The van der Waals surface area contributed by atoms with Crippen LogP contribution in [0.2, 0.25) is 0 Å². The number of rotatable bonds is 3. The summed E-state index contributed by atoms with van der Waals surface area (Å²) in [7, 11) is 0. The number of benzene rings is 1. The van der Waals surface area contributed by atoms with Crippen LogP contribution in [0.3, 0.4) is 0 Å². The second kappa shape index (κ2) is 6.23. The first kappa shape index (κ1) is 16.2. The molecule has 0 amide bonds. The second-order valence-corrected chi connectivity index (χ2v) is 3.62. The van der Waals surface area contributed by atoms with Gasteiger partial charge in [-0.05, 0) is 24.1 Å². The molecule has 0 fully saturated rings. The van der Waals surface area contributed by atoms with Crippen LogP contribution in [0, 0.1) is 0 Å². The molecule has 0 aromatic heterocycles. The van der Waals surface area contributed by atoms with Crippen LogP contribution in [0.25, 0.3) is 0 Å². The lowest BCUT2D eigenvalue weighted by atomic mass is 9.99. The van der Waals surface area contributed by atoms with E-state index in [0.29, 0.717) is 12.0 Å². The molecule has 17 heavy (non-hydrogen) atoms. The van der Waals surface area contributed by atoms with E-state index in [4.69, 9.17) is 5.73 Å². The molecule has 0 saturated carbocycles. The summed E-state index contributed by atoms with van der Waals surface area (Å²) in [6.07, 6.45) is -4.62. The third-order valence-electron chi connectivity index (χ3n) is 2.46. The van der Waals surface area contributed by atoms with Gasteiger partial charge in [-0.2, -0.15) is 13.2 Å². The average Bonchev–Trinajstić information content (AvgIpc) is 2.26. The molecular formula is C11H15ClF3NO. The Bertz CT molecular complexity index is 340. The fourth-order valence-electron chi connectivity index (χ4n) is 1.37. The number of hydrogen-bond acceptors (Lipinski definition) is 2. The Morgan fingerprint density at radius 1 is 1.24 bits per heavy atom. The first-order valence-corrected chi connectivity index (χ1v) is 4.97. The third-order valence-corrected chi connectivity index (χ3v) is 2.46. The van der Waals surface area contributed by atoms with Gasteiger partial charge in [0.15, 0.2) is 0 Å². The lowest BCUT2D eigenvalue weighted by Crippen LogP contribution is -2.25. The zero-order valence-corrected chi connectivity index (χ0v) is 10.1. The third kappa shape index (κ3) is 4.18. The van der Waals surface area contributed by atoms with Crippen LogP contribution in [0.1, 0.15) is 30.5 Å². The summed E-state index contributed by atoms with van der Waals surface area (Å²) in [5.41, 5.74) is 5.47. The lowest BCUT2D eigenvalue weighted by molar-refractivity contribution is -0.137. The normalized spacial score (nSPS) is 14.9. The van der Waals surface area contributed by atoms with Gasteiger partial charge in [-0.15, -0.1) is 12.4 Å². The fraction of sp³-hybridized carbons (Fsp3) is 0.455. The van der Waals surface area contributed by atoms with Crippen molar-refractivity contribution in [3.8, 4) is 0 Å². The second-order valence-electron chi connectivity index (χ2n) is 3.62. The van der Waals surface area contributed by atoms with Crippen molar-refractivity contribution in [1.82, 2.24) is 0 Å². The number of halogens is 4. The molecule has 1 aromatic rings. The first-order chi connectivity index (χ1) is 7.36. The van der Waals surface area contributed by atoms with E-state index < -0.39 is 23.9 Å². The SMILES string of the molecule is CC[C@H](O)[C@H](N)c1ccc(C(F)(F)F)cc1.Cl. The van der Waals surface area contributed by atoms with Gasteiger partial charge in [0.25, 0.3) is 0 Å². The minimum Gasteiger partial charge on any atom is -0.391 e. The smallest absolute Gasteiger partial charge is 0.391 e. The van der Waals surface area contributed by atoms with Gasteiger partial charge >= 0.3 is 6.18 Å². The zero-order chi connectivity index (χ0) is 12.3. The molecule has 98 valence electrons. The predicted octanol–water partition coefficient (Wildman–Crippen LogP) is 2.90. The topological polar surface area (TPSA) is 46.2 Å². The Balaban J connectivity index is 0.00000256. The van der Waals surface area contributed by atoms with Crippen molar-refractivity contribution in [3.63, 3.8) is 0 Å². The fourth-order valence-corrected chi connectivity index (χ4v) is 1.37. The van der Waals surface area contributed by atoms with E-state index in [-0.39, 0.29) is 12.4 Å². The van der Waals surface area contributed by atoms with E-state index in [1.54, 1.807) is 6.92 Å². The maximum Gasteiger partial charge on any atom is 0.416 e. The summed E-state index contributed by atoms with van der Waals surface area (Å²) >= 11 is 0. The molecule has 1 aromatic carbocycles. The number of aliphatic hydroxyl groups is 1. The van der Waals surface area contributed by atoms with Crippen LogP contribution in [0.5, 0.6) is 0 Å². The van der Waals surface area contributed by atoms with Crippen molar-refractivity contribution in [2.45, 2.75) is 31.7 Å². The predicted molar refractivity (Wildman–Crippen MR) is 61.9 cm³/mol. The van der Waals surface area contributed by atoms with Crippen molar-refractivity contribution >= 4 is 12.4 Å². The van der Waals surface area contributed by atoms with E-state index in [2.05, 4.69) is 0 Å². The van der Waals surface area contributed by atoms with Crippen LogP contribution in [0.15, 0.2) is 24.3 Å². The highest BCUT2D eigenvalue weighted by molar-refractivity contribution is 5.85. The van der Waals surface area contributed by atoms with Gasteiger partial charge in [0.2, 0.25) is 0 Å². The Hall–Kier alpha value is -0.780. The lowest BCUT2D eigenvalue weighted by Gasteiger charge is -2.18. The molecule has 6 heteroatoms. The van der Waals surface area contributed by atoms with E-state index in [0.717, 1.165) is 12.1 Å². The van der Waals surface area contributed by atoms with Crippen molar-refractivity contribution in [2.75, 3.05) is 0 Å². The molecular weight excluding hydrogens is 255 g/mol. The highest BCUT2D eigenvalue weighted by Gasteiger charge is 2.30. The molecule has 0 aliphatic heterocycles. The van der Waals surface area contributed by atoms with Crippen LogP contribution in [-0.2, 0) is 6.18 Å². The highest BCUT2D eigenvalue weighted by atomic mass is 35.5. The van der Waals surface area contributed by atoms with Crippen LogP contribution >= 0.6 is 12.4 Å². The Morgan fingerprint density at radius 2 is 1.71 bits per heavy atom. The van der Waals surface area contributed by atoms with Gasteiger partial charge in [-0.1, -0.05) is 19.1 Å². The Morgan fingerprint density at radius 3 is 2.06 bits per heavy atom. The summed E-state index contributed by atoms with van der Waals surface area (Å²) in [6, 6.07) is 3.89. The van der Waals surface area contributed by atoms with Crippen LogP contribution in [0.4, 0.5) is 13.2 Å². The molecule has 0 unspecified atom stereocenters. The summed E-state index contributed by atoms with van der Waals surface area (Å²) in [5.74, 6) is 0. The van der Waals surface area contributed by atoms with Gasteiger partial charge in [0, 0.05) is 0 Å². The molecule has 0 bridgehead atoms. The zero-order valence-electron chi connectivity index (χ0n) is 9.24. The molecule has 0 heterocycles. The number of nitrogens with two attached hydrogens (primary N) is 1. The van der Waals surface area contributed by atoms with Crippen molar-refractivity contribution in [1.29, 1.82) is 0 Å². The molecule has 3 N–H and O–H groups in total. The highest BCUT2D eigenvalue weighted by Crippen LogP contribution is 2.30. The number of aliphatic hydroxyl groups excluding tert-OH is 1. The number of hydrogen-bond donors (Lipinski definition) is 2. The molecule has 0 radical (unpaired) electrons. The van der Waals surface area contributed by atoms with Crippen molar-refractivity contribution in [2.24, 2.45) is 5.73 Å². The average molecular weight is 270 g/mol. The molecule has 0 aliphatic carbocycles. The maximum absolute atomic E-state index is 12.3. The monoisotopic (exact) mass is 269 g/mol. The van der Waals surface area contributed by atoms with Crippen molar-refractivity contribution < 1.29 is 18.3 Å². The Kier molecular flexibility index (Phi) is 5.95. The van der Waals surface area contributed by atoms with Crippen molar-refractivity contribution in [3.05, 3.63) is 35.4 Å². The molecule has 1 rings (SSSR count). The quantitative estimate of drug-likeness (QED) is 0.886. The van der Waals surface area contributed by atoms with E-state index in [1.165, 1.54) is 12.1 Å². The van der Waals surface area contributed by atoms with E-state index >= 15 is 0 Å². The van der Waals surface area contributed by atoms with Gasteiger partial charge in [0.05, 0.1) is 17.7 Å². The maximum atomic E-state index is 12.3. The minimum absolute atomic E-state index is 0. The van der Waals surface area contributed by atoms with Crippen LogP contribution in [-0.4, -0.2) is 11.2 Å². The van der Waals surface area contributed by atoms with Gasteiger partial charge in [-0.3, -0.25) is 0 Å². The van der Waals surface area contributed by atoms with E-state index in [9.17, 15) is 18.3 Å². The summed E-state index contributed by atoms with van der Waals surface area (Å²) < 4.78 is 36.8. The summed E-state index contributed by atoms with van der Waals surface area (Å²) in [4.78, 5) is 0. The molecule has 2 nitrogen and oxygen atoms in total. The molecule has 2 atom stereocenters. The van der Waals surface area contributed by atoms with Gasteiger partial charge < -0.3 is 10.8 Å². The largest absolute Gasteiger partial charge is 0.416 e. The summed E-state index contributed by atoms with van der Waals surface area (Å²) in [5, 5.41) is 9.46. The van der Waals surface area contributed by atoms with Crippen LogP contribution < -0.4 is 5.73 Å². The Labute approximate surface area is 104 Å². The first-order valence-electron chi connectivity index (χ1n) is 4.97. The minimum atomic E-state index is -4.34. The molecule has 0 aliphatic rings. The van der Waals surface area contributed by atoms with Gasteiger partial charge in [0.1, 0.15) is 0 Å². The van der Waals surface area contributed by atoms with Gasteiger partial charge in [-0.25, -0.2) is 0 Å². The molecule has 0 spiro atoms. The summed E-state index contributed by atoms with van der Waals surface area (Å²) in [6.45, 7) is 1.76. The number of alkyl halides is 3. The standard InChI is InChI=1S/C11H14F3NO.ClH/c1-2-9(16)10(15)7-3-5-8(6-4-7)11(12,13)14;/h3-6,9-10,16H,2,15H2,1H3;1H/t9-,10+;/m0./s1.